The zero-order valence-corrected chi connectivity index (χ0v) is 18.4. The highest BCUT2D eigenvalue weighted by atomic mass is 79.9. The molecule has 2 heterocycles. The van der Waals surface area contributed by atoms with Crippen molar-refractivity contribution >= 4 is 21.8 Å². The second-order valence-electron chi connectivity index (χ2n) is 7.99. The Morgan fingerprint density at radius 3 is 2.59 bits per heavy atom. The van der Waals surface area contributed by atoms with Crippen LogP contribution in [0, 0.1) is 0 Å². The highest BCUT2D eigenvalue weighted by molar-refractivity contribution is 9.10. The first-order valence-corrected chi connectivity index (χ1v) is 11.0. The molecule has 1 saturated heterocycles. The van der Waals surface area contributed by atoms with Crippen molar-refractivity contribution in [2.45, 2.75) is 45.1 Å². The van der Waals surface area contributed by atoms with E-state index >= 15 is 0 Å². The van der Waals surface area contributed by atoms with Crippen LogP contribution in [-0.2, 0) is 11.3 Å². The monoisotopic (exact) mass is 458 g/mol. The maximum Gasteiger partial charge on any atom is 0.251 e. The average Bonchev–Trinajstić information content (AvgIpc) is 2.68. The molecule has 29 heavy (non-hydrogen) atoms. The number of fused-ring (bicyclic) bond motifs is 1. The number of hydrogen-bond donors (Lipinski definition) is 1. The van der Waals surface area contributed by atoms with Crippen LogP contribution < -0.4 is 10.1 Å². The van der Waals surface area contributed by atoms with Gasteiger partial charge in [0, 0.05) is 41.7 Å². The number of ether oxygens (including phenoxy) is 2. The zero-order valence-electron chi connectivity index (χ0n) is 16.9. The largest absolute Gasteiger partial charge is 0.493 e. The molecule has 1 fully saturated rings. The predicted octanol–water partition coefficient (Wildman–Crippen LogP) is 4.31. The van der Waals surface area contributed by atoms with Crippen LogP contribution in [-0.4, -0.2) is 42.7 Å². The van der Waals surface area contributed by atoms with Gasteiger partial charge in [-0.1, -0.05) is 28.1 Å². The van der Waals surface area contributed by atoms with E-state index in [2.05, 4.69) is 40.0 Å². The summed E-state index contributed by atoms with van der Waals surface area (Å²) >= 11 is 3.50. The number of halogens is 1. The van der Waals surface area contributed by atoms with Crippen molar-refractivity contribution in [3.8, 4) is 5.75 Å². The predicted molar refractivity (Wildman–Crippen MR) is 116 cm³/mol. The molecule has 154 valence electrons. The molecule has 2 aromatic rings. The molecule has 2 aromatic carbocycles. The van der Waals surface area contributed by atoms with E-state index in [4.69, 9.17) is 9.47 Å². The number of benzene rings is 2. The molecule has 2 aliphatic rings. The summed E-state index contributed by atoms with van der Waals surface area (Å²) in [6.07, 6.45) is 1.28. The van der Waals surface area contributed by atoms with E-state index in [1.165, 1.54) is 5.56 Å². The number of carbonyl (C=O) groups is 1. The molecule has 0 saturated carbocycles. The molecule has 5 nitrogen and oxygen atoms in total. The molecule has 1 amide bonds. The van der Waals surface area contributed by atoms with Crippen molar-refractivity contribution in [1.29, 1.82) is 0 Å². The molecule has 0 aliphatic carbocycles. The van der Waals surface area contributed by atoms with Crippen molar-refractivity contribution in [1.82, 2.24) is 10.2 Å². The fourth-order valence-electron chi connectivity index (χ4n) is 4.19. The van der Waals surface area contributed by atoms with Gasteiger partial charge in [0.2, 0.25) is 0 Å². The van der Waals surface area contributed by atoms with Crippen LogP contribution in [0.15, 0.2) is 46.9 Å². The van der Waals surface area contributed by atoms with Gasteiger partial charge in [0.15, 0.2) is 0 Å². The molecule has 0 bridgehead atoms. The van der Waals surface area contributed by atoms with Crippen LogP contribution >= 0.6 is 15.9 Å². The van der Waals surface area contributed by atoms with E-state index in [0.717, 1.165) is 41.8 Å². The number of rotatable bonds is 4. The highest BCUT2D eigenvalue weighted by Crippen LogP contribution is 2.34. The molecule has 2 aliphatic heterocycles. The Labute approximate surface area is 180 Å². The topological polar surface area (TPSA) is 50.8 Å². The van der Waals surface area contributed by atoms with Gasteiger partial charge in [0.1, 0.15) is 5.75 Å². The lowest BCUT2D eigenvalue weighted by Crippen LogP contribution is -2.44. The van der Waals surface area contributed by atoms with Gasteiger partial charge in [-0.15, -0.1) is 0 Å². The van der Waals surface area contributed by atoms with Gasteiger partial charge in [-0.2, -0.15) is 0 Å². The first-order chi connectivity index (χ1) is 14.0. The molecule has 0 radical (unpaired) electrons. The maximum absolute atomic E-state index is 12.8. The molecular formula is C23H27BrN2O3. The van der Waals surface area contributed by atoms with Gasteiger partial charge in [-0.3, -0.25) is 9.69 Å². The van der Waals surface area contributed by atoms with Gasteiger partial charge >= 0.3 is 0 Å². The number of nitrogens with zero attached hydrogens (tertiary/aromatic N) is 1. The Morgan fingerprint density at radius 2 is 1.86 bits per heavy atom. The third-order valence-electron chi connectivity index (χ3n) is 5.43. The minimum Gasteiger partial charge on any atom is -0.493 e. The number of carbonyl (C=O) groups excluding carboxylic acids is 1. The quantitative estimate of drug-likeness (QED) is 0.741. The molecule has 1 N–H and O–H groups in total. The van der Waals surface area contributed by atoms with E-state index in [1.807, 2.05) is 42.5 Å². The van der Waals surface area contributed by atoms with E-state index in [-0.39, 0.29) is 24.2 Å². The highest BCUT2D eigenvalue weighted by Gasteiger charge is 2.24. The third-order valence-corrected chi connectivity index (χ3v) is 5.93. The van der Waals surface area contributed by atoms with E-state index < -0.39 is 0 Å². The van der Waals surface area contributed by atoms with Gasteiger partial charge in [0.05, 0.1) is 24.9 Å². The van der Waals surface area contributed by atoms with Crippen LogP contribution in [0.25, 0.3) is 0 Å². The summed E-state index contributed by atoms with van der Waals surface area (Å²) in [6.45, 7) is 7.58. The molecule has 6 heteroatoms. The van der Waals surface area contributed by atoms with E-state index in [1.54, 1.807) is 0 Å². The minimum absolute atomic E-state index is 0.0419. The van der Waals surface area contributed by atoms with Crippen molar-refractivity contribution in [2.75, 3.05) is 19.7 Å². The zero-order chi connectivity index (χ0) is 20.4. The van der Waals surface area contributed by atoms with Crippen LogP contribution in [0.5, 0.6) is 5.75 Å². The number of hydrogen-bond acceptors (Lipinski definition) is 4. The molecule has 0 aromatic heterocycles. The second kappa shape index (κ2) is 8.86. The normalized spacial score (nSPS) is 24.4. The third kappa shape index (κ3) is 5.00. The maximum atomic E-state index is 12.8. The van der Waals surface area contributed by atoms with Crippen LogP contribution in [0.1, 0.15) is 47.8 Å². The smallest absolute Gasteiger partial charge is 0.251 e. The summed E-state index contributed by atoms with van der Waals surface area (Å²) in [5.41, 5.74) is 2.91. The lowest BCUT2D eigenvalue weighted by molar-refractivity contribution is -0.0704. The fourth-order valence-corrected chi connectivity index (χ4v) is 4.57. The molecule has 3 atom stereocenters. The van der Waals surface area contributed by atoms with E-state index in [0.29, 0.717) is 12.2 Å². The van der Waals surface area contributed by atoms with Gasteiger partial charge in [0.25, 0.3) is 5.91 Å². The van der Waals surface area contributed by atoms with Gasteiger partial charge in [-0.25, -0.2) is 0 Å². The number of nitrogens with one attached hydrogen (secondary N) is 1. The molecule has 3 unspecified atom stereocenters. The van der Waals surface area contributed by atoms with Crippen molar-refractivity contribution in [2.24, 2.45) is 0 Å². The lowest BCUT2D eigenvalue weighted by atomic mass is 10.00. The summed E-state index contributed by atoms with van der Waals surface area (Å²) in [5, 5.41) is 3.16. The standard InChI is InChI=1S/C23H27BrN2O3/c1-15-12-26(13-16(2)29-15)14-17-3-5-18(6-4-17)23(27)25-21-9-10-28-22-8-7-19(24)11-20(21)22/h3-8,11,15-16,21H,9-10,12-14H2,1-2H3,(H,25,27). The summed E-state index contributed by atoms with van der Waals surface area (Å²) in [7, 11) is 0. The minimum atomic E-state index is -0.0528. The van der Waals surface area contributed by atoms with Gasteiger partial charge in [-0.05, 0) is 49.7 Å². The number of morpholine rings is 1. The Kier molecular flexibility index (Phi) is 6.23. The SMILES string of the molecule is CC1CN(Cc2ccc(C(=O)NC3CCOc4ccc(Br)cc43)cc2)CC(C)O1. The lowest BCUT2D eigenvalue weighted by Gasteiger charge is -2.35. The van der Waals surface area contributed by atoms with E-state index in [9.17, 15) is 4.79 Å². The first-order valence-electron chi connectivity index (χ1n) is 10.2. The van der Waals surface area contributed by atoms with Gasteiger partial charge < -0.3 is 14.8 Å². The summed E-state index contributed by atoms with van der Waals surface area (Å²) in [6, 6.07) is 13.8. The van der Waals surface area contributed by atoms with Crippen LogP contribution in [0.3, 0.4) is 0 Å². The van der Waals surface area contributed by atoms with Crippen molar-refractivity contribution in [3.63, 3.8) is 0 Å². The Hall–Kier alpha value is -1.89. The Balaban J connectivity index is 1.40. The van der Waals surface area contributed by atoms with Crippen LogP contribution in [0.4, 0.5) is 0 Å². The van der Waals surface area contributed by atoms with Crippen LogP contribution in [0.2, 0.25) is 0 Å². The average molecular weight is 459 g/mol. The second-order valence-corrected chi connectivity index (χ2v) is 8.91. The summed E-state index contributed by atoms with van der Waals surface area (Å²) in [4.78, 5) is 15.2. The Morgan fingerprint density at radius 1 is 1.14 bits per heavy atom. The fraction of sp³-hybridized carbons (Fsp3) is 0.435. The molecular weight excluding hydrogens is 432 g/mol. The molecule has 0 spiro atoms. The number of amides is 1. The summed E-state index contributed by atoms with van der Waals surface area (Å²) < 4.78 is 12.5. The van der Waals surface area contributed by atoms with Crippen molar-refractivity contribution < 1.29 is 14.3 Å². The Bertz CT molecular complexity index is 861. The van der Waals surface area contributed by atoms with Crippen molar-refractivity contribution in [3.05, 3.63) is 63.6 Å². The first kappa shape index (κ1) is 20.4. The summed E-state index contributed by atoms with van der Waals surface area (Å²) in [5.74, 6) is 0.789. The molecule has 4 rings (SSSR count).